The first-order valence-electron chi connectivity index (χ1n) is 13.1. The summed E-state index contributed by atoms with van der Waals surface area (Å²) in [5.74, 6) is 0.0853. The third kappa shape index (κ3) is 6.06. The highest BCUT2D eigenvalue weighted by molar-refractivity contribution is 5.76. The molecule has 0 spiro atoms. The molecule has 6 atom stereocenters. The van der Waals surface area contributed by atoms with Crippen LogP contribution in [-0.2, 0) is 14.3 Å². The summed E-state index contributed by atoms with van der Waals surface area (Å²) in [6.07, 6.45) is 1.53. The van der Waals surface area contributed by atoms with Gasteiger partial charge in [0.05, 0.1) is 30.5 Å². The van der Waals surface area contributed by atoms with Gasteiger partial charge in [-0.25, -0.2) is 0 Å². The number of rotatable bonds is 8. The Morgan fingerprint density at radius 1 is 1.23 bits per heavy atom. The van der Waals surface area contributed by atoms with Crippen LogP contribution in [0.1, 0.15) is 50.5 Å². The molecule has 8 nitrogen and oxygen atoms in total. The Morgan fingerprint density at radius 3 is 2.63 bits per heavy atom. The fraction of sp³-hybridized carbons (Fsp3) is 0.741. The van der Waals surface area contributed by atoms with Gasteiger partial charge < -0.3 is 29.9 Å². The Hall–Kier alpha value is -1.55. The molecule has 3 aliphatic heterocycles. The van der Waals surface area contributed by atoms with E-state index >= 15 is 0 Å². The zero-order chi connectivity index (χ0) is 25.1. The van der Waals surface area contributed by atoms with Crippen LogP contribution in [0.2, 0.25) is 0 Å². The molecule has 1 aromatic rings. The second-order valence-electron chi connectivity index (χ2n) is 11.0. The van der Waals surface area contributed by atoms with Crippen molar-refractivity contribution in [1.82, 2.24) is 15.1 Å². The molecule has 1 aromatic carbocycles. The summed E-state index contributed by atoms with van der Waals surface area (Å²) in [6.45, 7) is 5.93. The molecular formula is C27H43N3O5. The minimum absolute atomic E-state index is 0.0632. The van der Waals surface area contributed by atoms with Crippen LogP contribution < -0.4 is 5.32 Å². The third-order valence-electron chi connectivity index (χ3n) is 8.33. The monoisotopic (exact) mass is 489 g/mol. The van der Waals surface area contributed by atoms with Gasteiger partial charge in [-0.3, -0.25) is 9.69 Å². The maximum Gasteiger partial charge on any atom is 0.221 e. The van der Waals surface area contributed by atoms with Gasteiger partial charge in [-0.1, -0.05) is 30.3 Å². The Labute approximate surface area is 209 Å². The van der Waals surface area contributed by atoms with Gasteiger partial charge in [-0.2, -0.15) is 0 Å². The molecule has 0 aromatic heterocycles. The zero-order valence-corrected chi connectivity index (χ0v) is 21.5. The minimum atomic E-state index is -0.867. The predicted octanol–water partition coefficient (Wildman–Crippen LogP) is 1.36. The molecular weight excluding hydrogens is 446 g/mol. The van der Waals surface area contributed by atoms with Crippen LogP contribution in [0, 0.1) is 0 Å². The Bertz CT molecular complexity index is 833. The molecule has 3 fully saturated rings. The number of amides is 1. The summed E-state index contributed by atoms with van der Waals surface area (Å²) < 4.78 is 12.1. The topological polar surface area (TPSA) is 94.5 Å². The molecule has 3 heterocycles. The molecule has 4 rings (SSSR count). The smallest absolute Gasteiger partial charge is 0.221 e. The number of hydrogen-bond acceptors (Lipinski definition) is 7. The summed E-state index contributed by atoms with van der Waals surface area (Å²) in [4.78, 5) is 16.9. The summed E-state index contributed by atoms with van der Waals surface area (Å²) in [5.41, 5.74) is -0.439. The van der Waals surface area contributed by atoms with Crippen LogP contribution in [0.15, 0.2) is 30.3 Å². The van der Waals surface area contributed by atoms with Crippen molar-refractivity contribution in [2.24, 2.45) is 0 Å². The van der Waals surface area contributed by atoms with Crippen LogP contribution in [-0.4, -0.2) is 109 Å². The normalized spacial score (nSPS) is 34.9. The van der Waals surface area contributed by atoms with Crippen LogP contribution in [0.5, 0.6) is 0 Å². The van der Waals surface area contributed by atoms with Crippen LogP contribution in [0.25, 0.3) is 0 Å². The van der Waals surface area contributed by atoms with E-state index in [9.17, 15) is 15.0 Å². The van der Waals surface area contributed by atoms with Gasteiger partial charge in [0.15, 0.2) is 0 Å². The van der Waals surface area contributed by atoms with E-state index in [0.29, 0.717) is 51.9 Å². The fourth-order valence-electron chi connectivity index (χ4n) is 6.26. The van der Waals surface area contributed by atoms with E-state index in [4.69, 9.17) is 9.47 Å². The first kappa shape index (κ1) is 26.5. The second-order valence-corrected chi connectivity index (χ2v) is 11.0. The molecule has 2 bridgehead atoms. The van der Waals surface area contributed by atoms with E-state index in [0.717, 1.165) is 13.1 Å². The van der Waals surface area contributed by atoms with Gasteiger partial charge in [0.25, 0.3) is 0 Å². The summed E-state index contributed by atoms with van der Waals surface area (Å²) in [7, 11) is 3.97. The molecule has 3 aliphatic rings. The van der Waals surface area contributed by atoms with Crippen molar-refractivity contribution in [3.05, 3.63) is 35.9 Å². The molecule has 0 radical (unpaired) electrons. The van der Waals surface area contributed by atoms with Crippen molar-refractivity contribution in [1.29, 1.82) is 0 Å². The van der Waals surface area contributed by atoms with Crippen LogP contribution >= 0.6 is 0 Å². The fourth-order valence-corrected chi connectivity index (χ4v) is 6.26. The van der Waals surface area contributed by atoms with Gasteiger partial charge in [0.1, 0.15) is 6.10 Å². The van der Waals surface area contributed by atoms with E-state index in [2.05, 4.69) is 27.2 Å². The van der Waals surface area contributed by atoms with Crippen molar-refractivity contribution < 1.29 is 24.5 Å². The molecule has 0 aliphatic carbocycles. The summed E-state index contributed by atoms with van der Waals surface area (Å²) in [6, 6.07) is 10.3. The van der Waals surface area contributed by atoms with Gasteiger partial charge in [0, 0.05) is 38.6 Å². The van der Waals surface area contributed by atoms with E-state index < -0.39 is 23.4 Å². The van der Waals surface area contributed by atoms with Crippen molar-refractivity contribution in [2.45, 2.75) is 74.4 Å². The third-order valence-corrected chi connectivity index (χ3v) is 8.33. The first-order chi connectivity index (χ1) is 16.7. The number of benzene rings is 1. The number of hydrogen-bond donors (Lipinski definition) is 3. The molecule has 3 N–H and O–H groups in total. The van der Waals surface area contributed by atoms with Crippen molar-refractivity contribution in [3.63, 3.8) is 0 Å². The number of aliphatic hydroxyl groups excluding tert-OH is 2. The quantitative estimate of drug-likeness (QED) is 0.508. The maximum absolute atomic E-state index is 12.6. The van der Waals surface area contributed by atoms with Crippen LogP contribution in [0.4, 0.5) is 0 Å². The molecule has 0 saturated carbocycles. The Balaban J connectivity index is 1.48. The largest absolute Gasteiger partial charge is 0.388 e. The number of morpholine rings is 1. The predicted molar refractivity (Wildman–Crippen MR) is 134 cm³/mol. The van der Waals surface area contributed by atoms with Gasteiger partial charge in [0.2, 0.25) is 5.91 Å². The minimum Gasteiger partial charge on any atom is -0.388 e. The first-order valence-corrected chi connectivity index (χ1v) is 13.1. The molecule has 3 saturated heterocycles. The molecule has 8 heteroatoms. The van der Waals surface area contributed by atoms with Crippen molar-refractivity contribution >= 4 is 5.91 Å². The maximum atomic E-state index is 12.6. The number of fused-ring (bicyclic) bond motifs is 2. The number of ether oxygens (including phenoxy) is 2. The number of likely N-dealkylation sites (N-methyl/N-ethyl adjacent to an activating group) is 1. The Kier molecular flexibility index (Phi) is 8.51. The SMILES string of the molecule is CN(C)[C@@H]1CC[C@@]2([C@@H](O)CNC(=O)CCN3CCOCC3)C[C@H](c3ccccc3)C[C@](C)(O2)[C@H]1O. The zero-order valence-electron chi connectivity index (χ0n) is 21.5. The van der Waals surface area contributed by atoms with Crippen LogP contribution in [0.3, 0.4) is 0 Å². The van der Waals surface area contributed by atoms with E-state index in [1.54, 1.807) is 0 Å². The molecule has 196 valence electrons. The highest BCUT2D eigenvalue weighted by Gasteiger charge is 2.57. The number of nitrogens with one attached hydrogen (secondary N) is 1. The lowest BCUT2D eigenvalue weighted by Crippen LogP contribution is -2.61. The second kappa shape index (κ2) is 11.2. The average Bonchev–Trinajstić information content (AvgIpc) is 2.94. The molecule has 35 heavy (non-hydrogen) atoms. The summed E-state index contributed by atoms with van der Waals surface area (Å²) in [5, 5.41) is 25.9. The molecule has 0 unspecified atom stereocenters. The number of aliphatic hydroxyl groups is 2. The van der Waals surface area contributed by atoms with Gasteiger partial charge in [-0.15, -0.1) is 0 Å². The van der Waals surface area contributed by atoms with Gasteiger partial charge >= 0.3 is 0 Å². The lowest BCUT2D eigenvalue weighted by molar-refractivity contribution is -0.250. The Morgan fingerprint density at radius 2 is 1.94 bits per heavy atom. The lowest BCUT2D eigenvalue weighted by Gasteiger charge is -2.52. The van der Waals surface area contributed by atoms with Crippen molar-refractivity contribution in [2.75, 3.05) is 53.5 Å². The molecule has 1 amide bonds. The highest BCUT2D eigenvalue weighted by Crippen LogP contribution is 2.51. The standard InChI is InChI=1S/C27H43N3O5/c1-26-17-21(20-7-5-4-6-8-20)18-27(35-26,11-9-22(25(26)33)29(2)3)23(31)19-28-24(32)10-12-30-13-15-34-16-14-30/h4-8,21-23,25,31,33H,9-19H2,1-3H3,(H,28,32)/t21-,22-,23+,25+,26+,27+/m1/s1. The number of nitrogens with zero attached hydrogens (tertiary/aromatic N) is 2. The van der Waals surface area contributed by atoms with Gasteiger partial charge in [-0.05, 0) is 58.2 Å². The van der Waals surface area contributed by atoms with Crippen molar-refractivity contribution in [3.8, 4) is 0 Å². The lowest BCUT2D eigenvalue weighted by atomic mass is 9.72. The van der Waals surface area contributed by atoms with E-state index in [1.807, 2.05) is 39.2 Å². The summed E-state index contributed by atoms with van der Waals surface area (Å²) >= 11 is 0. The highest BCUT2D eigenvalue weighted by atomic mass is 16.6. The van der Waals surface area contributed by atoms with E-state index in [-0.39, 0.29) is 24.4 Å². The number of carbonyl (C=O) groups excluding carboxylic acids is 1. The van der Waals surface area contributed by atoms with E-state index in [1.165, 1.54) is 5.56 Å². The average molecular weight is 490 g/mol. The number of carbonyl (C=O) groups is 1.